The summed E-state index contributed by atoms with van der Waals surface area (Å²) in [6.45, 7) is 8.98. The van der Waals surface area contributed by atoms with Crippen molar-refractivity contribution >= 4 is 17.4 Å². The lowest BCUT2D eigenvalue weighted by Gasteiger charge is -2.62. The number of rotatable bonds is 15. The minimum atomic E-state index is -0.363. The quantitative estimate of drug-likeness (QED) is 0.123. The first-order valence-electron chi connectivity index (χ1n) is 16.9. The average molecular weight is 566 g/mol. The molecule has 0 aromatic rings. The molecule has 0 bridgehead atoms. The van der Waals surface area contributed by atoms with E-state index >= 15 is 0 Å². The Balaban J connectivity index is 1.21. The summed E-state index contributed by atoms with van der Waals surface area (Å²) in [6.07, 6.45) is 21.1. The van der Waals surface area contributed by atoms with Gasteiger partial charge in [-0.3, -0.25) is 9.63 Å². The fourth-order valence-electron chi connectivity index (χ4n) is 9.70. The molecule has 4 fully saturated rings. The molecule has 4 nitrogen and oxygen atoms in total. The van der Waals surface area contributed by atoms with Gasteiger partial charge in [-0.05, 0) is 85.4 Å². The van der Waals surface area contributed by atoms with E-state index in [1.807, 2.05) is 5.06 Å². The molecule has 0 heterocycles. The third-order valence-corrected chi connectivity index (χ3v) is 12.6. The van der Waals surface area contributed by atoms with Crippen molar-refractivity contribution in [2.45, 2.75) is 148 Å². The zero-order valence-corrected chi connectivity index (χ0v) is 26.5. The standard InChI is InChI=1S/C34H60ClNO3/c1-5-6-20-36(4)39-21-14-12-10-8-7-9-11-13-15-25-22-26-23-27(37)16-18-33(26,2)28-17-19-34(3)29(31(25)28)24-30(35)32(34)38/h25-26,28-32,38H,5-24H2,1-4H3/t25?,26?,28?,29?,30-,31?,32+,33+,34+/m1/s1. The summed E-state index contributed by atoms with van der Waals surface area (Å²) in [7, 11) is 2.05. The molecule has 226 valence electrons. The van der Waals surface area contributed by atoms with Crippen LogP contribution in [0.1, 0.15) is 136 Å². The second-order valence-electron chi connectivity index (χ2n) is 14.6. The maximum Gasteiger partial charge on any atom is 0.133 e. The van der Waals surface area contributed by atoms with Crippen LogP contribution in [-0.4, -0.2) is 47.6 Å². The van der Waals surface area contributed by atoms with Gasteiger partial charge in [-0.15, -0.1) is 11.6 Å². The van der Waals surface area contributed by atoms with Gasteiger partial charge in [-0.25, -0.2) is 0 Å². The molecule has 9 atom stereocenters. The number of nitrogens with zero attached hydrogens (tertiary/aromatic N) is 1. The van der Waals surface area contributed by atoms with Crippen LogP contribution in [0.15, 0.2) is 0 Å². The Kier molecular flexibility index (Phi) is 11.7. The molecule has 4 aliphatic rings. The maximum atomic E-state index is 12.5. The second-order valence-corrected chi connectivity index (χ2v) is 15.2. The van der Waals surface area contributed by atoms with Gasteiger partial charge in [0.05, 0.1) is 18.1 Å². The minimum absolute atomic E-state index is 0.0184. The number of Topliss-reactive ketones (excluding diaryl/α,β-unsaturated/α-hetero) is 1. The van der Waals surface area contributed by atoms with Gasteiger partial charge < -0.3 is 5.11 Å². The maximum absolute atomic E-state index is 12.5. The van der Waals surface area contributed by atoms with Gasteiger partial charge in [0.15, 0.2) is 0 Å². The van der Waals surface area contributed by atoms with E-state index in [9.17, 15) is 9.90 Å². The average Bonchev–Trinajstić information content (AvgIpc) is 3.15. The van der Waals surface area contributed by atoms with Gasteiger partial charge in [0.2, 0.25) is 0 Å². The monoisotopic (exact) mass is 565 g/mol. The lowest BCUT2D eigenvalue weighted by Crippen LogP contribution is -2.57. The third-order valence-electron chi connectivity index (χ3n) is 12.2. The van der Waals surface area contributed by atoms with Crippen LogP contribution in [0.5, 0.6) is 0 Å². The van der Waals surface area contributed by atoms with Crippen molar-refractivity contribution in [3.8, 4) is 0 Å². The van der Waals surface area contributed by atoms with Gasteiger partial charge in [0.25, 0.3) is 0 Å². The zero-order valence-electron chi connectivity index (χ0n) is 25.8. The van der Waals surface area contributed by atoms with Crippen LogP contribution in [0.3, 0.4) is 0 Å². The Morgan fingerprint density at radius 2 is 1.64 bits per heavy atom. The van der Waals surface area contributed by atoms with E-state index in [1.54, 1.807) is 0 Å². The number of aliphatic hydroxyl groups excluding tert-OH is 1. The molecule has 0 aliphatic heterocycles. The lowest BCUT2D eigenvalue weighted by molar-refractivity contribution is -0.156. The van der Waals surface area contributed by atoms with E-state index in [0.717, 1.165) is 45.3 Å². The topological polar surface area (TPSA) is 49.8 Å². The molecule has 0 amide bonds. The number of aliphatic hydroxyl groups is 1. The van der Waals surface area contributed by atoms with Crippen LogP contribution in [-0.2, 0) is 9.63 Å². The van der Waals surface area contributed by atoms with Crippen molar-refractivity contribution in [2.24, 2.45) is 40.4 Å². The molecule has 0 radical (unpaired) electrons. The highest BCUT2D eigenvalue weighted by Gasteiger charge is 2.63. The van der Waals surface area contributed by atoms with Crippen LogP contribution in [0.2, 0.25) is 0 Å². The van der Waals surface area contributed by atoms with Crippen LogP contribution < -0.4 is 0 Å². The molecule has 39 heavy (non-hydrogen) atoms. The van der Waals surface area contributed by atoms with E-state index in [0.29, 0.717) is 40.8 Å². The van der Waals surface area contributed by atoms with E-state index in [2.05, 4.69) is 27.8 Å². The highest BCUT2D eigenvalue weighted by molar-refractivity contribution is 6.21. The molecule has 4 aliphatic carbocycles. The van der Waals surface area contributed by atoms with Crippen LogP contribution in [0.4, 0.5) is 0 Å². The Hall–Kier alpha value is -0.160. The molecule has 4 saturated carbocycles. The number of carbonyl (C=O) groups excluding carboxylic acids is 1. The van der Waals surface area contributed by atoms with Crippen LogP contribution in [0.25, 0.3) is 0 Å². The molecule has 0 aromatic heterocycles. The molecular weight excluding hydrogens is 506 g/mol. The summed E-state index contributed by atoms with van der Waals surface area (Å²) in [5.74, 6) is 3.71. The van der Waals surface area contributed by atoms with Gasteiger partial charge >= 0.3 is 0 Å². The summed E-state index contributed by atoms with van der Waals surface area (Å²) in [5, 5.41) is 13.0. The van der Waals surface area contributed by atoms with E-state index in [4.69, 9.17) is 16.4 Å². The number of hydrogen-bond donors (Lipinski definition) is 1. The van der Waals surface area contributed by atoms with Crippen molar-refractivity contribution in [3.05, 3.63) is 0 Å². The number of carbonyl (C=O) groups is 1. The van der Waals surface area contributed by atoms with Crippen LogP contribution >= 0.6 is 11.6 Å². The lowest BCUT2D eigenvalue weighted by atomic mass is 9.42. The molecule has 0 saturated heterocycles. The molecule has 1 N–H and O–H groups in total. The van der Waals surface area contributed by atoms with Crippen molar-refractivity contribution in [2.75, 3.05) is 20.2 Å². The molecule has 0 aromatic carbocycles. The first-order chi connectivity index (χ1) is 18.7. The Morgan fingerprint density at radius 3 is 2.36 bits per heavy atom. The number of halogens is 1. The first kappa shape index (κ1) is 31.8. The van der Waals surface area contributed by atoms with Crippen molar-refractivity contribution in [1.29, 1.82) is 0 Å². The number of hydroxylamine groups is 2. The predicted octanol–water partition coefficient (Wildman–Crippen LogP) is 8.58. The predicted molar refractivity (Wildman–Crippen MR) is 162 cm³/mol. The summed E-state index contributed by atoms with van der Waals surface area (Å²) in [6, 6.07) is 0. The molecule has 5 unspecified atom stereocenters. The minimum Gasteiger partial charge on any atom is -0.391 e. The van der Waals surface area contributed by atoms with Crippen molar-refractivity contribution < 1.29 is 14.7 Å². The molecule has 0 spiro atoms. The Morgan fingerprint density at radius 1 is 0.949 bits per heavy atom. The van der Waals surface area contributed by atoms with E-state index in [-0.39, 0.29) is 16.9 Å². The smallest absolute Gasteiger partial charge is 0.133 e. The fourth-order valence-corrected chi connectivity index (χ4v) is 10.2. The van der Waals surface area contributed by atoms with Gasteiger partial charge in [0.1, 0.15) is 5.78 Å². The Bertz CT molecular complexity index is 778. The van der Waals surface area contributed by atoms with Gasteiger partial charge in [0, 0.05) is 26.4 Å². The Labute approximate surface area is 245 Å². The van der Waals surface area contributed by atoms with Crippen LogP contribution in [0, 0.1) is 40.4 Å². The highest BCUT2D eigenvalue weighted by Crippen LogP contribution is 2.68. The molecule has 5 heteroatoms. The number of unbranched alkanes of at least 4 members (excludes halogenated alkanes) is 8. The zero-order chi connectivity index (χ0) is 28.0. The normalized spacial score (nSPS) is 40.0. The molecule has 4 rings (SSSR count). The summed E-state index contributed by atoms with van der Waals surface area (Å²) >= 11 is 6.74. The van der Waals surface area contributed by atoms with Gasteiger partial charge in [-0.2, -0.15) is 5.06 Å². The highest BCUT2D eigenvalue weighted by atomic mass is 35.5. The van der Waals surface area contributed by atoms with Crippen molar-refractivity contribution in [1.82, 2.24) is 5.06 Å². The van der Waals surface area contributed by atoms with Crippen molar-refractivity contribution in [3.63, 3.8) is 0 Å². The number of fused-ring (bicyclic) bond motifs is 5. The van der Waals surface area contributed by atoms with Gasteiger partial charge in [-0.1, -0.05) is 78.6 Å². The largest absolute Gasteiger partial charge is 0.391 e. The summed E-state index contributed by atoms with van der Waals surface area (Å²) in [4.78, 5) is 18.3. The van der Waals surface area contributed by atoms with E-state index < -0.39 is 0 Å². The number of ketones is 1. The summed E-state index contributed by atoms with van der Waals surface area (Å²) in [5.41, 5.74) is 0.289. The fraction of sp³-hybridized carbons (Fsp3) is 0.971. The first-order valence-corrected chi connectivity index (χ1v) is 17.3. The number of hydrogen-bond acceptors (Lipinski definition) is 4. The second kappa shape index (κ2) is 14.3. The molecular formula is C34H60ClNO3. The SMILES string of the molecule is CCCCN(C)OCCCCCCCCCCC1CC2CC(=O)CC[C@]2(C)C2CC[C@@]3(C)C(C[C@@H](Cl)[C@@H]3O)C12. The summed E-state index contributed by atoms with van der Waals surface area (Å²) < 4.78 is 0. The van der Waals surface area contributed by atoms with E-state index in [1.165, 1.54) is 83.5 Å². The third kappa shape index (κ3) is 7.26. The number of alkyl halides is 1.